The lowest BCUT2D eigenvalue weighted by molar-refractivity contribution is -0.174. The van der Waals surface area contributed by atoms with Crippen molar-refractivity contribution < 1.29 is 27.1 Å². The highest BCUT2D eigenvalue weighted by Crippen LogP contribution is 2.19. The standard InChI is InChI=1S/C10H10F4N2O2/c11-6-1-2-8(7(15)3-6)16-9(17)4-18-5-10(12,13)14/h1-3H,4-5,15H2,(H,16,17). The molecule has 0 radical (unpaired) electrons. The van der Waals surface area contributed by atoms with Gasteiger partial charge in [-0.25, -0.2) is 4.39 Å². The van der Waals surface area contributed by atoms with Crippen LogP contribution < -0.4 is 11.1 Å². The lowest BCUT2D eigenvalue weighted by Gasteiger charge is -2.09. The maximum atomic E-state index is 12.7. The summed E-state index contributed by atoms with van der Waals surface area (Å²) in [5.74, 6) is -1.39. The van der Waals surface area contributed by atoms with E-state index in [1.54, 1.807) is 0 Å². The Morgan fingerprint density at radius 2 is 2.06 bits per heavy atom. The van der Waals surface area contributed by atoms with Gasteiger partial charge in [0.2, 0.25) is 5.91 Å². The normalized spacial score (nSPS) is 11.3. The van der Waals surface area contributed by atoms with Crippen LogP contribution in [-0.2, 0) is 9.53 Å². The Labute approximate surface area is 99.7 Å². The van der Waals surface area contributed by atoms with Gasteiger partial charge in [0.1, 0.15) is 19.0 Å². The monoisotopic (exact) mass is 266 g/mol. The number of alkyl halides is 3. The lowest BCUT2D eigenvalue weighted by Crippen LogP contribution is -2.24. The van der Waals surface area contributed by atoms with Crippen LogP contribution in [0, 0.1) is 5.82 Å². The van der Waals surface area contributed by atoms with Crippen LogP contribution in [0.4, 0.5) is 28.9 Å². The second-order valence-electron chi connectivity index (χ2n) is 3.39. The fraction of sp³-hybridized carbons (Fsp3) is 0.300. The number of hydrogen-bond acceptors (Lipinski definition) is 3. The number of halogens is 4. The molecule has 1 aromatic carbocycles. The number of nitrogen functional groups attached to an aromatic ring is 1. The molecule has 0 aliphatic heterocycles. The molecule has 0 aliphatic carbocycles. The van der Waals surface area contributed by atoms with Crippen molar-refractivity contribution in [1.82, 2.24) is 0 Å². The lowest BCUT2D eigenvalue weighted by atomic mass is 10.2. The molecule has 4 nitrogen and oxygen atoms in total. The molecule has 0 atom stereocenters. The SMILES string of the molecule is Nc1cc(F)ccc1NC(=O)COCC(F)(F)F. The maximum absolute atomic E-state index is 12.7. The van der Waals surface area contributed by atoms with E-state index in [2.05, 4.69) is 10.1 Å². The summed E-state index contributed by atoms with van der Waals surface area (Å²) in [5.41, 5.74) is 5.47. The summed E-state index contributed by atoms with van der Waals surface area (Å²) in [5, 5.41) is 2.20. The third-order valence-electron chi connectivity index (χ3n) is 1.79. The van der Waals surface area contributed by atoms with Crippen molar-refractivity contribution in [2.45, 2.75) is 6.18 Å². The van der Waals surface area contributed by atoms with Crippen LogP contribution in [0.3, 0.4) is 0 Å². The molecule has 0 aliphatic rings. The van der Waals surface area contributed by atoms with E-state index in [-0.39, 0.29) is 11.4 Å². The fourth-order valence-electron chi connectivity index (χ4n) is 1.09. The van der Waals surface area contributed by atoms with E-state index in [4.69, 9.17) is 5.73 Å². The predicted octanol–water partition coefficient (Wildman–Crippen LogP) is 1.93. The second-order valence-corrected chi connectivity index (χ2v) is 3.39. The molecule has 0 bridgehead atoms. The van der Waals surface area contributed by atoms with Gasteiger partial charge in [-0.15, -0.1) is 0 Å². The van der Waals surface area contributed by atoms with Gasteiger partial charge in [-0.2, -0.15) is 13.2 Å². The number of carbonyl (C=O) groups excluding carboxylic acids is 1. The molecule has 0 saturated carbocycles. The van der Waals surface area contributed by atoms with E-state index in [0.29, 0.717) is 0 Å². The van der Waals surface area contributed by atoms with Crippen LogP contribution in [0.15, 0.2) is 18.2 Å². The topological polar surface area (TPSA) is 64.3 Å². The number of amides is 1. The van der Waals surface area contributed by atoms with Crippen molar-refractivity contribution in [2.24, 2.45) is 0 Å². The molecule has 1 amide bonds. The van der Waals surface area contributed by atoms with Gasteiger partial charge < -0.3 is 15.8 Å². The molecule has 0 heterocycles. The molecule has 0 unspecified atom stereocenters. The highest BCUT2D eigenvalue weighted by atomic mass is 19.4. The molecular weight excluding hydrogens is 256 g/mol. The Kier molecular flexibility index (Phi) is 4.49. The summed E-state index contributed by atoms with van der Waals surface area (Å²) in [6.45, 7) is -2.28. The molecule has 18 heavy (non-hydrogen) atoms. The zero-order chi connectivity index (χ0) is 13.8. The molecule has 0 saturated heterocycles. The summed E-state index contributed by atoms with van der Waals surface area (Å²) in [4.78, 5) is 11.2. The van der Waals surface area contributed by atoms with E-state index in [1.165, 1.54) is 6.07 Å². The van der Waals surface area contributed by atoms with Gasteiger partial charge in [0, 0.05) is 0 Å². The number of carbonyl (C=O) groups is 1. The Morgan fingerprint density at radius 1 is 1.39 bits per heavy atom. The minimum absolute atomic E-state index is 0.0285. The van der Waals surface area contributed by atoms with Gasteiger partial charge in [0.05, 0.1) is 11.4 Å². The van der Waals surface area contributed by atoms with E-state index in [0.717, 1.165) is 12.1 Å². The smallest absolute Gasteiger partial charge is 0.397 e. The first-order valence-electron chi connectivity index (χ1n) is 4.77. The van der Waals surface area contributed by atoms with E-state index in [1.807, 2.05) is 0 Å². The van der Waals surface area contributed by atoms with Crippen molar-refractivity contribution in [3.05, 3.63) is 24.0 Å². The van der Waals surface area contributed by atoms with Gasteiger partial charge in [-0.3, -0.25) is 4.79 Å². The van der Waals surface area contributed by atoms with Crippen molar-refractivity contribution in [2.75, 3.05) is 24.3 Å². The van der Waals surface area contributed by atoms with Crippen molar-refractivity contribution >= 4 is 17.3 Å². The Bertz CT molecular complexity index is 434. The molecule has 3 N–H and O–H groups in total. The first kappa shape index (κ1) is 14.2. The van der Waals surface area contributed by atoms with Crippen LogP contribution in [0.5, 0.6) is 0 Å². The molecule has 0 spiro atoms. The van der Waals surface area contributed by atoms with Gasteiger partial charge >= 0.3 is 6.18 Å². The third-order valence-corrected chi connectivity index (χ3v) is 1.79. The Hall–Kier alpha value is -1.83. The summed E-state index contributed by atoms with van der Waals surface area (Å²) >= 11 is 0. The first-order valence-corrected chi connectivity index (χ1v) is 4.77. The quantitative estimate of drug-likeness (QED) is 0.646. The zero-order valence-corrected chi connectivity index (χ0v) is 9.05. The van der Waals surface area contributed by atoms with E-state index >= 15 is 0 Å². The largest absolute Gasteiger partial charge is 0.411 e. The minimum atomic E-state index is -4.49. The van der Waals surface area contributed by atoms with Crippen LogP contribution in [0.2, 0.25) is 0 Å². The number of anilines is 2. The van der Waals surface area contributed by atoms with Crippen LogP contribution >= 0.6 is 0 Å². The van der Waals surface area contributed by atoms with E-state index < -0.39 is 31.1 Å². The molecule has 8 heteroatoms. The highest BCUT2D eigenvalue weighted by molar-refractivity contribution is 5.94. The van der Waals surface area contributed by atoms with Crippen molar-refractivity contribution in [3.8, 4) is 0 Å². The summed E-state index contributed by atoms with van der Waals surface area (Å²) in [7, 11) is 0. The second kappa shape index (κ2) is 5.67. The third kappa shape index (κ3) is 5.00. The number of ether oxygens (including phenoxy) is 1. The van der Waals surface area contributed by atoms with E-state index in [9.17, 15) is 22.4 Å². The summed E-state index contributed by atoms with van der Waals surface area (Å²) < 4.78 is 52.0. The number of hydrogen-bond donors (Lipinski definition) is 2. The van der Waals surface area contributed by atoms with Crippen molar-refractivity contribution in [1.29, 1.82) is 0 Å². The fourth-order valence-corrected chi connectivity index (χ4v) is 1.09. The first-order chi connectivity index (χ1) is 8.28. The average Bonchev–Trinajstić information content (AvgIpc) is 2.20. The predicted molar refractivity (Wildman–Crippen MR) is 56.3 cm³/mol. The van der Waals surface area contributed by atoms with Gasteiger partial charge in [0.25, 0.3) is 0 Å². The number of nitrogens with one attached hydrogen (secondary N) is 1. The number of rotatable bonds is 4. The van der Waals surface area contributed by atoms with Gasteiger partial charge in [-0.05, 0) is 18.2 Å². The van der Waals surface area contributed by atoms with Gasteiger partial charge in [0.15, 0.2) is 0 Å². The molecule has 1 rings (SSSR count). The Morgan fingerprint density at radius 3 is 2.61 bits per heavy atom. The average molecular weight is 266 g/mol. The van der Waals surface area contributed by atoms with Crippen LogP contribution in [0.1, 0.15) is 0 Å². The molecule has 0 aromatic heterocycles. The highest BCUT2D eigenvalue weighted by Gasteiger charge is 2.27. The zero-order valence-electron chi connectivity index (χ0n) is 9.05. The van der Waals surface area contributed by atoms with Crippen molar-refractivity contribution in [3.63, 3.8) is 0 Å². The molecule has 1 aromatic rings. The molecular formula is C10H10F4N2O2. The van der Waals surface area contributed by atoms with Gasteiger partial charge in [-0.1, -0.05) is 0 Å². The summed E-state index contributed by atoms with van der Waals surface area (Å²) in [6.07, 6.45) is -4.49. The molecule has 100 valence electrons. The Balaban J connectivity index is 2.45. The maximum Gasteiger partial charge on any atom is 0.411 e. The summed E-state index contributed by atoms with van der Waals surface area (Å²) in [6, 6.07) is 3.24. The minimum Gasteiger partial charge on any atom is -0.397 e. The van der Waals surface area contributed by atoms with Crippen LogP contribution in [-0.4, -0.2) is 25.3 Å². The number of benzene rings is 1. The van der Waals surface area contributed by atoms with Crippen LogP contribution in [0.25, 0.3) is 0 Å². The molecule has 0 fully saturated rings. The number of nitrogens with two attached hydrogens (primary N) is 1.